The van der Waals surface area contributed by atoms with Crippen LogP contribution in [0, 0.1) is 0 Å². The van der Waals surface area contributed by atoms with Crippen LogP contribution in [0.1, 0.15) is 23.6 Å². The number of nitrogens with one attached hydrogen (secondary N) is 1. The molecule has 3 rings (SSSR count). The standard InChI is InChI=1S/C22H28F2N2O3/c1-2-28-21-13-19(7-8-20(21)29-22(23)24)15-25-14-17-3-5-18(6-4-17)16-26-9-11-27-12-10-26/h3-8,13,22,25H,2,9-12,14-16H2,1H3. The Balaban J connectivity index is 1.49. The van der Waals surface area contributed by atoms with Gasteiger partial charge in [0.2, 0.25) is 0 Å². The van der Waals surface area contributed by atoms with E-state index in [4.69, 9.17) is 9.47 Å². The molecule has 1 aliphatic rings. The average molecular weight is 406 g/mol. The third-order valence-electron chi connectivity index (χ3n) is 4.72. The molecule has 29 heavy (non-hydrogen) atoms. The van der Waals surface area contributed by atoms with Gasteiger partial charge in [-0.3, -0.25) is 4.90 Å². The molecule has 5 nitrogen and oxygen atoms in total. The van der Waals surface area contributed by atoms with Gasteiger partial charge in [0.15, 0.2) is 11.5 Å². The van der Waals surface area contributed by atoms with Gasteiger partial charge < -0.3 is 19.5 Å². The van der Waals surface area contributed by atoms with Gasteiger partial charge >= 0.3 is 6.61 Å². The second-order valence-corrected chi connectivity index (χ2v) is 6.90. The van der Waals surface area contributed by atoms with E-state index in [1.807, 2.05) is 0 Å². The minimum Gasteiger partial charge on any atom is -0.490 e. The summed E-state index contributed by atoms with van der Waals surface area (Å²) in [6.07, 6.45) is 0. The first kappa shape index (κ1) is 21.5. The van der Waals surface area contributed by atoms with Crippen molar-refractivity contribution < 1.29 is 23.0 Å². The highest BCUT2D eigenvalue weighted by molar-refractivity contribution is 5.43. The second kappa shape index (κ2) is 11.1. The van der Waals surface area contributed by atoms with Crippen LogP contribution < -0.4 is 14.8 Å². The number of ether oxygens (including phenoxy) is 3. The summed E-state index contributed by atoms with van der Waals surface area (Å²) in [4.78, 5) is 2.40. The third-order valence-corrected chi connectivity index (χ3v) is 4.72. The zero-order valence-corrected chi connectivity index (χ0v) is 16.7. The summed E-state index contributed by atoms with van der Waals surface area (Å²) < 4.78 is 40.3. The van der Waals surface area contributed by atoms with E-state index >= 15 is 0 Å². The molecule has 0 amide bonds. The smallest absolute Gasteiger partial charge is 0.387 e. The number of hydrogen-bond acceptors (Lipinski definition) is 5. The van der Waals surface area contributed by atoms with Crippen LogP contribution in [0.3, 0.4) is 0 Å². The summed E-state index contributed by atoms with van der Waals surface area (Å²) in [5, 5.41) is 3.38. The van der Waals surface area contributed by atoms with Crippen LogP contribution in [-0.4, -0.2) is 44.4 Å². The van der Waals surface area contributed by atoms with E-state index in [-0.39, 0.29) is 5.75 Å². The van der Waals surface area contributed by atoms with Crippen molar-refractivity contribution >= 4 is 0 Å². The Kier molecular flexibility index (Phi) is 8.22. The lowest BCUT2D eigenvalue weighted by Crippen LogP contribution is -2.35. The molecule has 0 bridgehead atoms. The minimum atomic E-state index is -2.87. The summed E-state index contributed by atoms with van der Waals surface area (Å²) in [5.74, 6) is 0.390. The highest BCUT2D eigenvalue weighted by Gasteiger charge is 2.12. The van der Waals surface area contributed by atoms with Gasteiger partial charge in [0, 0.05) is 32.7 Å². The molecule has 1 N–H and O–H groups in total. The van der Waals surface area contributed by atoms with Crippen molar-refractivity contribution in [1.29, 1.82) is 0 Å². The van der Waals surface area contributed by atoms with Crippen molar-refractivity contribution in [2.24, 2.45) is 0 Å². The zero-order valence-electron chi connectivity index (χ0n) is 16.7. The Morgan fingerprint density at radius 3 is 2.31 bits per heavy atom. The largest absolute Gasteiger partial charge is 0.490 e. The number of hydrogen-bond donors (Lipinski definition) is 1. The summed E-state index contributed by atoms with van der Waals surface area (Å²) in [6.45, 7) is 5.16. The van der Waals surface area contributed by atoms with Crippen molar-refractivity contribution in [3.05, 3.63) is 59.2 Å². The molecule has 0 radical (unpaired) electrons. The SMILES string of the molecule is CCOc1cc(CNCc2ccc(CN3CCOCC3)cc2)ccc1OC(F)F. The topological polar surface area (TPSA) is 43.0 Å². The molecule has 158 valence electrons. The second-order valence-electron chi connectivity index (χ2n) is 6.90. The molecule has 0 aliphatic carbocycles. The molecule has 0 atom stereocenters. The molecule has 2 aromatic carbocycles. The highest BCUT2D eigenvalue weighted by atomic mass is 19.3. The first-order valence-corrected chi connectivity index (χ1v) is 9.93. The van der Waals surface area contributed by atoms with Gasteiger partial charge in [-0.15, -0.1) is 0 Å². The molecular weight excluding hydrogens is 378 g/mol. The molecule has 1 fully saturated rings. The summed E-state index contributed by atoms with van der Waals surface area (Å²) in [7, 11) is 0. The van der Waals surface area contributed by atoms with Crippen molar-refractivity contribution in [2.45, 2.75) is 33.2 Å². The Bertz CT molecular complexity index is 750. The number of halogens is 2. The number of alkyl halides is 2. The maximum atomic E-state index is 12.5. The summed E-state index contributed by atoms with van der Waals surface area (Å²) in [6, 6.07) is 13.6. The Hall–Kier alpha value is -2.22. The van der Waals surface area contributed by atoms with E-state index in [9.17, 15) is 8.78 Å². The molecule has 0 unspecified atom stereocenters. The molecule has 0 spiro atoms. The Labute approximate surface area is 170 Å². The van der Waals surface area contributed by atoms with Gasteiger partial charge in [0.1, 0.15) is 0 Å². The molecule has 1 aliphatic heterocycles. The minimum absolute atomic E-state index is 0.0569. The van der Waals surface area contributed by atoms with Crippen molar-refractivity contribution in [1.82, 2.24) is 10.2 Å². The van der Waals surface area contributed by atoms with E-state index in [2.05, 4.69) is 39.2 Å². The number of morpholine rings is 1. The van der Waals surface area contributed by atoms with Gasteiger partial charge in [0.25, 0.3) is 0 Å². The monoisotopic (exact) mass is 406 g/mol. The van der Waals surface area contributed by atoms with E-state index in [1.54, 1.807) is 19.1 Å². The van der Waals surface area contributed by atoms with Crippen molar-refractivity contribution in [2.75, 3.05) is 32.9 Å². The lowest BCUT2D eigenvalue weighted by molar-refractivity contribution is -0.0514. The van der Waals surface area contributed by atoms with Crippen LogP contribution in [0.25, 0.3) is 0 Å². The molecule has 7 heteroatoms. The fourth-order valence-electron chi connectivity index (χ4n) is 3.26. The Morgan fingerprint density at radius 1 is 0.966 bits per heavy atom. The molecule has 0 aromatic heterocycles. The fourth-order valence-corrected chi connectivity index (χ4v) is 3.26. The zero-order chi connectivity index (χ0) is 20.5. The molecule has 0 saturated carbocycles. The van der Waals surface area contributed by atoms with E-state index < -0.39 is 6.61 Å². The van der Waals surface area contributed by atoms with Gasteiger partial charge in [-0.1, -0.05) is 30.3 Å². The van der Waals surface area contributed by atoms with Gasteiger partial charge in [-0.2, -0.15) is 8.78 Å². The number of rotatable bonds is 10. The predicted molar refractivity (Wildman–Crippen MR) is 107 cm³/mol. The van der Waals surface area contributed by atoms with Crippen LogP contribution in [0.15, 0.2) is 42.5 Å². The normalized spacial score (nSPS) is 14.9. The van der Waals surface area contributed by atoms with E-state index in [1.165, 1.54) is 17.2 Å². The van der Waals surface area contributed by atoms with E-state index in [0.717, 1.165) is 45.0 Å². The summed E-state index contributed by atoms with van der Waals surface area (Å²) >= 11 is 0. The van der Waals surface area contributed by atoms with Crippen LogP contribution in [0.2, 0.25) is 0 Å². The Morgan fingerprint density at radius 2 is 1.62 bits per heavy atom. The van der Waals surface area contributed by atoms with Crippen LogP contribution >= 0.6 is 0 Å². The van der Waals surface area contributed by atoms with Gasteiger partial charge in [0.05, 0.1) is 19.8 Å². The van der Waals surface area contributed by atoms with E-state index in [0.29, 0.717) is 18.9 Å². The fraction of sp³-hybridized carbons (Fsp3) is 0.455. The van der Waals surface area contributed by atoms with Gasteiger partial charge in [-0.05, 0) is 35.7 Å². The lowest BCUT2D eigenvalue weighted by atomic mass is 10.1. The number of nitrogens with zero attached hydrogens (tertiary/aromatic N) is 1. The van der Waals surface area contributed by atoms with Crippen LogP contribution in [0.5, 0.6) is 11.5 Å². The number of benzene rings is 2. The van der Waals surface area contributed by atoms with Crippen molar-refractivity contribution in [3.63, 3.8) is 0 Å². The van der Waals surface area contributed by atoms with Crippen LogP contribution in [-0.2, 0) is 24.4 Å². The highest BCUT2D eigenvalue weighted by Crippen LogP contribution is 2.29. The lowest BCUT2D eigenvalue weighted by Gasteiger charge is -2.26. The summed E-state index contributed by atoms with van der Waals surface area (Å²) in [5.41, 5.74) is 3.43. The van der Waals surface area contributed by atoms with Crippen LogP contribution in [0.4, 0.5) is 8.78 Å². The van der Waals surface area contributed by atoms with Gasteiger partial charge in [-0.25, -0.2) is 0 Å². The quantitative estimate of drug-likeness (QED) is 0.650. The maximum Gasteiger partial charge on any atom is 0.387 e. The molecule has 1 heterocycles. The third kappa shape index (κ3) is 6.96. The molecule has 2 aromatic rings. The first-order chi connectivity index (χ1) is 14.1. The predicted octanol–water partition coefficient (Wildman–Crippen LogP) is 3.81. The maximum absolute atomic E-state index is 12.5. The van der Waals surface area contributed by atoms with Crippen molar-refractivity contribution in [3.8, 4) is 11.5 Å². The molecule has 1 saturated heterocycles. The average Bonchev–Trinajstić information content (AvgIpc) is 2.72. The first-order valence-electron chi connectivity index (χ1n) is 9.93. The molecular formula is C22H28F2N2O3.